The van der Waals surface area contributed by atoms with Gasteiger partial charge in [-0.2, -0.15) is 5.10 Å². The minimum absolute atomic E-state index is 0.0971. The largest absolute Gasteiger partial charge is 0.321 e. The zero-order valence-electron chi connectivity index (χ0n) is 9.81. The summed E-state index contributed by atoms with van der Waals surface area (Å²) in [6.07, 6.45) is 0. The van der Waals surface area contributed by atoms with Gasteiger partial charge in [-0.15, -0.1) is 0 Å². The number of halogens is 1. The number of benzene rings is 1. The second-order valence-electron chi connectivity index (χ2n) is 4.32. The molecule has 90 valence electrons. The van der Waals surface area contributed by atoms with Crippen LogP contribution < -0.4 is 5.73 Å². The first-order valence-electron chi connectivity index (χ1n) is 5.51. The molecule has 17 heavy (non-hydrogen) atoms. The molecule has 1 aromatic heterocycles. The Bertz CT molecular complexity index is 489. The number of aromatic amines is 1. The van der Waals surface area contributed by atoms with Crippen LogP contribution in [0.5, 0.6) is 0 Å². The first-order chi connectivity index (χ1) is 8.08. The van der Waals surface area contributed by atoms with Gasteiger partial charge in [-0.05, 0) is 40.6 Å². The lowest BCUT2D eigenvalue weighted by Crippen LogP contribution is -2.18. The van der Waals surface area contributed by atoms with Crippen LogP contribution >= 0.6 is 22.6 Å². The lowest BCUT2D eigenvalue weighted by atomic mass is 10.1. The van der Waals surface area contributed by atoms with Gasteiger partial charge in [0, 0.05) is 9.13 Å². The second-order valence-corrected chi connectivity index (χ2v) is 5.57. The fourth-order valence-corrected chi connectivity index (χ4v) is 1.83. The fourth-order valence-electron chi connectivity index (χ4n) is 1.47. The van der Waals surface area contributed by atoms with Gasteiger partial charge in [-0.1, -0.05) is 26.0 Å². The van der Waals surface area contributed by atoms with E-state index in [1.165, 1.54) is 3.57 Å². The predicted octanol–water partition coefficient (Wildman–Crippen LogP) is 2.73. The van der Waals surface area contributed by atoms with Crippen LogP contribution in [0.15, 0.2) is 24.3 Å². The van der Waals surface area contributed by atoms with E-state index in [9.17, 15) is 0 Å². The molecule has 1 aromatic carbocycles. The third kappa shape index (κ3) is 2.84. The normalized spacial score (nSPS) is 13.0. The highest BCUT2D eigenvalue weighted by atomic mass is 127. The van der Waals surface area contributed by atoms with Crippen LogP contribution in [0.1, 0.15) is 25.7 Å². The van der Waals surface area contributed by atoms with Crippen molar-refractivity contribution >= 4 is 22.6 Å². The van der Waals surface area contributed by atoms with Crippen LogP contribution in [0.25, 0.3) is 11.4 Å². The van der Waals surface area contributed by atoms with Crippen LogP contribution in [0.3, 0.4) is 0 Å². The molecule has 2 rings (SSSR count). The number of rotatable bonds is 3. The summed E-state index contributed by atoms with van der Waals surface area (Å²) in [5.74, 6) is 1.79. The number of H-pyrrole nitrogens is 1. The number of hydrogen-bond acceptors (Lipinski definition) is 3. The van der Waals surface area contributed by atoms with Crippen molar-refractivity contribution in [3.8, 4) is 11.4 Å². The Kier molecular flexibility index (Phi) is 3.78. The molecule has 0 radical (unpaired) electrons. The molecule has 0 fully saturated rings. The zero-order chi connectivity index (χ0) is 12.4. The van der Waals surface area contributed by atoms with Gasteiger partial charge in [0.05, 0.1) is 6.04 Å². The Hall–Kier alpha value is -0.950. The van der Waals surface area contributed by atoms with E-state index in [2.05, 4.69) is 51.6 Å². The number of aromatic nitrogens is 3. The maximum atomic E-state index is 6.02. The molecule has 1 atom stereocenters. The number of nitrogens with zero attached hydrogens (tertiary/aromatic N) is 2. The molecule has 0 bridgehead atoms. The molecule has 0 aliphatic rings. The van der Waals surface area contributed by atoms with Gasteiger partial charge in [-0.25, -0.2) is 4.98 Å². The highest BCUT2D eigenvalue weighted by Gasteiger charge is 2.15. The lowest BCUT2D eigenvalue weighted by Gasteiger charge is -2.11. The summed E-state index contributed by atoms with van der Waals surface area (Å²) in [4.78, 5) is 4.44. The van der Waals surface area contributed by atoms with Gasteiger partial charge in [0.25, 0.3) is 0 Å². The van der Waals surface area contributed by atoms with Gasteiger partial charge in [0.1, 0.15) is 5.82 Å². The smallest absolute Gasteiger partial charge is 0.181 e. The first-order valence-corrected chi connectivity index (χ1v) is 6.59. The van der Waals surface area contributed by atoms with Gasteiger partial charge in [0.2, 0.25) is 0 Å². The fraction of sp³-hybridized carbons (Fsp3) is 0.333. The summed E-state index contributed by atoms with van der Waals surface area (Å²) in [6.45, 7) is 4.13. The average molecular weight is 342 g/mol. The van der Waals surface area contributed by atoms with E-state index in [1.54, 1.807) is 0 Å². The van der Waals surface area contributed by atoms with Gasteiger partial charge in [0.15, 0.2) is 5.82 Å². The molecule has 0 amide bonds. The maximum absolute atomic E-state index is 6.02. The summed E-state index contributed by atoms with van der Waals surface area (Å²) in [5.41, 5.74) is 7.02. The molecule has 0 saturated heterocycles. The van der Waals surface area contributed by atoms with Crippen LogP contribution in [0.4, 0.5) is 0 Å². The van der Waals surface area contributed by atoms with Crippen LogP contribution in [0, 0.1) is 9.49 Å². The van der Waals surface area contributed by atoms with E-state index < -0.39 is 0 Å². The lowest BCUT2D eigenvalue weighted by molar-refractivity contribution is 0.492. The highest BCUT2D eigenvalue weighted by Crippen LogP contribution is 2.20. The molecular weight excluding hydrogens is 327 g/mol. The number of nitrogens with two attached hydrogens (primary N) is 1. The molecule has 0 aliphatic heterocycles. The van der Waals surface area contributed by atoms with Crippen molar-refractivity contribution in [1.82, 2.24) is 15.2 Å². The van der Waals surface area contributed by atoms with Gasteiger partial charge in [-0.3, -0.25) is 5.10 Å². The third-order valence-electron chi connectivity index (χ3n) is 2.64. The summed E-state index contributed by atoms with van der Waals surface area (Å²) in [5, 5.41) is 7.11. The van der Waals surface area contributed by atoms with Crippen LogP contribution in [-0.4, -0.2) is 15.2 Å². The molecule has 0 aliphatic carbocycles. The van der Waals surface area contributed by atoms with E-state index in [0.29, 0.717) is 11.7 Å². The average Bonchev–Trinajstić information content (AvgIpc) is 2.78. The van der Waals surface area contributed by atoms with E-state index >= 15 is 0 Å². The predicted molar refractivity (Wildman–Crippen MR) is 76.3 cm³/mol. The minimum Gasteiger partial charge on any atom is -0.321 e. The van der Waals surface area contributed by atoms with Crippen molar-refractivity contribution in [2.45, 2.75) is 19.9 Å². The van der Waals surface area contributed by atoms with Crippen LogP contribution in [-0.2, 0) is 0 Å². The van der Waals surface area contributed by atoms with E-state index in [0.717, 1.165) is 11.4 Å². The van der Waals surface area contributed by atoms with Crippen LogP contribution in [0.2, 0.25) is 0 Å². The molecule has 0 unspecified atom stereocenters. The monoisotopic (exact) mass is 342 g/mol. The van der Waals surface area contributed by atoms with E-state index in [4.69, 9.17) is 5.73 Å². The van der Waals surface area contributed by atoms with Crippen molar-refractivity contribution in [1.29, 1.82) is 0 Å². The van der Waals surface area contributed by atoms with Crippen molar-refractivity contribution in [3.63, 3.8) is 0 Å². The minimum atomic E-state index is -0.0971. The van der Waals surface area contributed by atoms with Crippen molar-refractivity contribution < 1.29 is 0 Å². The summed E-state index contributed by atoms with van der Waals surface area (Å²) in [6, 6.07) is 7.99. The highest BCUT2D eigenvalue weighted by molar-refractivity contribution is 14.1. The molecule has 0 saturated carbocycles. The Morgan fingerprint density at radius 1 is 1.24 bits per heavy atom. The second kappa shape index (κ2) is 5.14. The van der Waals surface area contributed by atoms with Crippen molar-refractivity contribution in [2.75, 3.05) is 0 Å². The summed E-state index contributed by atoms with van der Waals surface area (Å²) in [7, 11) is 0. The topological polar surface area (TPSA) is 67.6 Å². The third-order valence-corrected chi connectivity index (χ3v) is 3.36. The Labute approximate surface area is 114 Å². The molecular formula is C12H15IN4. The molecule has 4 nitrogen and oxygen atoms in total. The van der Waals surface area contributed by atoms with Gasteiger partial charge >= 0.3 is 0 Å². The standard InChI is InChI=1S/C12H15IN4/c1-7(2)10(14)12-15-11(16-17-12)8-3-5-9(13)6-4-8/h3-7,10H,14H2,1-2H3,(H,15,16,17)/t10-/m1/s1. The molecule has 1 heterocycles. The van der Waals surface area contributed by atoms with Crippen molar-refractivity contribution in [3.05, 3.63) is 33.7 Å². The molecule has 3 N–H and O–H groups in total. The Morgan fingerprint density at radius 3 is 2.47 bits per heavy atom. The summed E-state index contributed by atoms with van der Waals surface area (Å²) >= 11 is 2.27. The number of nitrogens with one attached hydrogen (secondary N) is 1. The summed E-state index contributed by atoms with van der Waals surface area (Å²) < 4.78 is 1.20. The molecule has 5 heteroatoms. The quantitative estimate of drug-likeness (QED) is 0.843. The van der Waals surface area contributed by atoms with Gasteiger partial charge < -0.3 is 5.73 Å². The van der Waals surface area contributed by atoms with Crippen molar-refractivity contribution in [2.24, 2.45) is 11.7 Å². The Balaban J connectivity index is 2.26. The zero-order valence-corrected chi connectivity index (χ0v) is 12.0. The number of hydrogen-bond donors (Lipinski definition) is 2. The molecule has 2 aromatic rings. The Morgan fingerprint density at radius 2 is 1.88 bits per heavy atom. The van der Waals surface area contributed by atoms with E-state index in [1.807, 2.05) is 24.3 Å². The molecule has 0 spiro atoms. The maximum Gasteiger partial charge on any atom is 0.181 e. The van der Waals surface area contributed by atoms with E-state index in [-0.39, 0.29) is 6.04 Å². The first kappa shape index (κ1) is 12.5. The SMILES string of the molecule is CC(C)[C@@H](N)c1nc(-c2ccc(I)cc2)n[nH]1.